The number of carbonyl (C=O) groups excluding carboxylic acids is 2. The number of hydrogen-bond acceptors (Lipinski definition) is 8. The number of anilines is 1. The number of hydrogen-bond donors (Lipinski definition) is 4. The third kappa shape index (κ3) is 5.03. The van der Waals surface area contributed by atoms with Crippen LogP contribution in [-0.2, 0) is 11.2 Å². The fraction of sp³-hybridized carbons (Fsp3) is 0.526. The van der Waals surface area contributed by atoms with Gasteiger partial charge in [-0.2, -0.15) is 0 Å². The summed E-state index contributed by atoms with van der Waals surface area (Å²) in [6.07, 6.45) is 0.792. The summed E-state index contributed by atoms with van der Waals surface area (Å²) in [6.45, 7) is 5.06. The molecule has 1 aliphatic heterocycles. The van der Waals surface area contributed by atoms with Gasteiger partial charge in [-0.25, -0.2) is 14.8 Å². The molecule has 13 heteroatoms. The van der Waals surface area contributed by atoms with Crippen molar-refractivity contribution in [2.45, 2.75) is 38.8 Å². The Balaban J connectivity index is 1.75. The number of ether oxygens (including phenoxy) is 1. The molecular formula is C19H25ClN6O5S. The smallest absolute Gasteiger partial charge is 0.348 e. The molecule has 0 aromatic carbocycles. The summed E-state index contributed by atoms with van der Waals surface area (Å²) in [4.78, 5) is 49.2. The number of rotatable bonds is 8. The summed E-state index contributed by atoms with van der Waals surface area (Å²) in [6, 6.07) is -0.287. The van der Waals surface area contributed by atoms with Crippen LogP contribution in [0.1, 0.15) is 56.7 Å². The first-order valence-corrected chi connectivity index (χ1v) is 11.4. The number of nitrogens with one attached hydrogen (secondary N) is 3. The van der Waals surface area contributed by atoms with Gasteiger partial charge in [0.1, 0.15) is 4.88 Å². The normalized spacial score (nSPS) is 18.4. The number of carboxylic acids is 1. The molecule has 0 saturated carbocycles. The second-order valence-corrected chi connectivity index (χ2v) is 8.41. The van der Waals surface area contributed by atoms with Gasteiger partial charge in [-0.15, -0.1) is 0 Å². The molecule has 1 saturated heterocycles. The van der Waals surface area contributed by atoms with Crippen molar-refractivity contribution in [2.24, 2.45) is 0 Å². The molecule has 0 aliphatic carbocycles. The van der Waals surface area contributed by atoms with Crippen molar-refractivity contribution in [1.29, 1.82) is 0 Å². The molecule has 2 aromatic heterocycles. The molecule has 1 aliphatic rings. The number of carboxylic acid groups (broad SMARTS) is 1. The highest BCUT2D eigenvalue weighted by molar-refractivity contribution is 7.17. The Hall–Kier alpha value is -2.70. The maximum absolute atomic E-state index is 12.7. The molecule has 11 nitrogen and oxygen atoms in total. The molecule has 2 aromatic rings. The van der Waals surface area contributed by atoms with Gasteiger partial charge in [0.25, 0.3) is 11.8 Å². The summed E-state index contributed by atoms with van der Waals surface area (Å²) < 4.78 is 5.86. The van der Waals surface area contributed by atoms with Crippen molar-refractivity contribution < 1.29 is 24.2 Å². The average Bonchev–Trinajstić information content (AvgIpc) is 3.38. The van der Waals surface area contributed by atoms with Crippen molar-refractivity contribution in [3.63, 3.8) is 0 Å². The Kier molecular flexibility index (Phi) is 7.69. The fourth-order valence-electron chi connectivity index (χ4n) is 3.47. The van der Waals surface area contributed by atoms with Crippen LogP contribution in [0.3, 0.4) is 0 Å². The monoisotopic (exact) mass is 484 g/mol. The van der Waals surface area contributed by atoms with Crippen LogP contribution >= 0.6 is 22.9 Å². The van der Waals surface area contributed by atoms with E-state index in [9.17, 15) is 19.5 Å². The Labute approximate surface area is 193 Å². The van der Waals surface area contributed by atoms with Crippen LogP contribution in [-0.4, -0.2) is 76.7 Å². The minimum Gasteiger partial charge on any atom is -0.477 e. The number of aryl methyl sites for hydroxylation is 1. The number of piperidine rings is 1. The number of aromatic nitrogens is 3. The van der Waals surface area contributed by atoms with Gasteiger partial charge < -0.3 is 30.4 Å². The Morgan fingerprint density at radius 1 is 1.31 bits per heavy atom. The minimum absolute atomic E-state index is 0.121. The third-order valence-electron chi connectivity index (χ3n) is 5.08. The molecule has 0 radical (unpaired) electrons. The van der Waals surface area contributed by atoms with E-state index >= 15 is 0 Å². The molecule has 0 spiro atoms. The van der Waals surface area contributed by atoms with Gasteiger partial charge in [0.05, 0.1) is 17.8 Å². The lowest BCUT2D eigenvalue weighted by Crippen LogP contribution is -2.55. The molecule has 0 unspecified atom stereocenters. The largest absolute Gasteiger partial charge is 0.477 e. The summed E-state index contributed by atoms with van der Waals surface area (Å²) in [5.74, 6) is -2.00. The van der Waals surface area contributed by atoms with Gasteiger partial charge in [-0.1, -0.05) is 29.9 Å². The van der Waals surface area contributed by atoms with E-state index in [1.54, 1.807) is 0 Å². The highest BCUT2D eigenvalue weighted by Crippen LogP contribution is 2.29. The highest BCUT2D eigenvalue weighted by Gasteiger charge is 2.34. The first-order valence-electron chi connectivity index (χ1n) is 10.2. The van der Waals surface area contributed by atoms with E-state index in [2.05, 4.69) is 25.6 Å². The number of amides is 2. The molecule has 0 bridgehead atoms. The predicted molar refractivity (Wildman–Crippen MR) is 119 cm³/mol. The van der Waals surface area contributed by atoms with E-state index < -0.39 is 11.9 Å². The number of halogens is 1. The van der Waals surface area contributed by atoms with Gasteiger partial charge in [0, 0.05) is 26.7 Å². The van der Waals surface area contributed by atoms with E-state index in [0.29, 0.717) is 43.4 Å². The first-order chi connectivity index (χ1) is 15.3. The standard InChI is InChI=1S/C19H25ClN6O5S/c1-4-9-14(20)25-15(22-9)17(28)23-10-6-7-26(8-11(10)31-5-2)19-24-12(16(27)21-3)13(32-19)18(29)30/h10-11H,4-8H2,1-3H3,(H,21,27)(H,22,25)(H,23,28)(H,29,30)/t10-,11+/m0/s1. The van der Waals surface area contributed by atoms with Crippen LogP contribution in [0.2, 0.25) is 5.15 Å². The second kappa shape index (κ2) is 10.3. The predicted octanol–water partition coefficient (Wildman–Crippen LogP) is 1.55. The van der Waals surface area contributed by atoms with Crippen LogP contribution in [0.15, 0.2) is 0 Å². The van der Waals surface area contributed by atoms with Crippen LogP contribution in [0.25, 0.3) is 0 Å². The van der Waals surface area contributed by atoms with Gasteiger partial charge in [0.2, 0.25) is 0 Å². The molecule has 2 amide bonds. The Morgan fingerprint density at radius 3 is 2.66 bits per heavy atom. The van der Waals surface area contributed by atoms with E-state index in [1.165, 1.54) is 7.05 Å². The van der Waals surface area contributed by atoms with E-state index in [0.717, 1.165) is 11.3 Å². The van der Waals surface area contributed by atoms with E-state index in [1.807, 2.05) is 18.7 Å². The molecular weight excluding hydrogens is 460 g/mol. The minimum atomic E-state index is -1.21. The Bertz CT molecular complexity index is 1010. The lowest BCUT2D eigenvalue weighted by molar-refractivity contribution is 0.0271. The number of thiazole rings is 1. The zero-order valence-electron chi connectivity index (χ0n) is 17.9. The average molecular weight is 485 g/mol. The fourth-order valence-corrected chi connectivity index (χ4v) is 4.67. The zero-order chi connectivity index (χ0) is 23.4. The topological polar surface area (TPSA) is 150 Å². The van der Waals surface area contributed by atoms with E-state index in [4.69, 9.17) is 16.3 Å². The lowest BCUT2D eigenvalue weighted by Gasteiger charge is -2.38. The van der Waals surface area contributed by atoms with Crippen molar-refractivity contribution >= 4 is 45.9 Å². The maximum Gasteiger partial charge on any atom is 0.348 e. The maximum atomic E-state index is 12.7. The third-order valence-corrected chi connectivity index (χ3v) is 6.49. The van der Waals surface area contributed by atoms with Crippen LogP contribution in [0.5, 0.6) is 0 Å². The molecule has 2 atom stereocenters. The summed E-state index contributed by atoms with van der Waals surface area (Å²) >= 11 is 6.98. The zero-order valence-corrected chi connectivity index (χ0v) is 19.5. The number of aromatic carboxylic acids is 1. The van der Waals surface area contributed by atoms with Gasteiger partial charge in [0.15, 0.2) is 21.8 Å². The molecule has 3 heterocycles. The number of H-pyrrole nitrogens is 1. The number of aromatic amines is 1. The summed E-state index contributed by atoms with van der Waals surface area (Å²) in [5.41, 5.74) is 0.572. The van der Waals surface area contributed by atoms with E-state index in [-0.39, 0.29) is 39.6 Å². The molecule has 32 heavy (non-hydrogen) atoms. The van der Waals surface area contributed by atoms with Gasteiger partial charge in [-0.05, 0) is 19.8 Å². The lowest BCUT2D eigenvalue weighted by atomic mass is 10.0. The number of imidazole rings is 1. The van der Waals surface area contributed by atoms with Gasteiger partial charge >= 0.3 is 5.97 Å². The second-order valence-electron chi connectivity index (χ2n) is 7.08. The summed E-state index contributed by atoms with van der Waals surface area (Å²) in [5, 5.41) is 15.5. The van der Waals surface area contributed by atoms with Crippen LogP contribution in [0, 0.1) is 0 Å². The first kappa shape index (κ1) is 24.0. The number of carbonyl (C=O) groups is 3. The van der Waals surface area contributed by atoms with Crippen molar-refractivity contribution in [3.8, 4) is 0 Å². The molecule has 3 rings (SSSR count). The SMILES string of the molecule is CCO[C@@H]1CN(c2nc(C(=O)NC)c(C(=O)O)s2)CC[C@@H]1NC(=O)c1nc(Cl)c(CC)[nH]1. The quantitative estimate of drug-likeness (QED) is 0.441. The van der Waals surface area contributed by atoms with Crippen LogP contribution in [0.4, 0.5) is 5.13 Å². The van der Waals surface area contributed by atoms with Crippen molar-refractivity contribution in [1.82, 2.24) is 25.6 Å². The summed E-state index contributed by atoms with van der Waals surface area (Å²) in [7, 11) is 1.42. The van der Waals surface area contributed by atoms with Gasteiger partial charge in [-0.3, -0.25) is 9.59 Å². The van der Waals surface area contributed by atoms with Crippen molar-refractivity contribution in [2.75, 3.05) is 31.6 Å². The van der Waals surface area contributed by atoms with Crippen LogP contribution < -0.4 is 15.5 Å². The molecule has 4 N–H and O–H groups in total. The highest BCUT2D eigenvalue weighted by atomic mass is 35.5. The Morgan fingerprint density at radius 2 is 2.06 bits per heavy atom. The number of nitrogens with zero attached hydrogens (tertiary/aromatic N) is 3. The van der Waals surface area contributed by atoms with Crippen molar-refractivity contribution in [3.05, 3.63) is 27.2 Å². The molecule has 1 fully saturated rings. The molecule has 174 valence electrons.